The molecule has 0 fully saturated rings. The number of fused-ring (bicyclic) bond motifs is 1. The van der Waals surface area contributed by atoms with Crippen molar-refractivity contribution >= 4 is 28.6 Å². The fourth-order valence-electron chi connectivity index (χ4n) is 2.40. The normalized spacial score (nSPS) is 10.9. The number of aromatic hydroxyl groups is 1. The van der Waals surface area contributed by atoms with Gasteiger partial charge in [-0.2, -0.15) is 5.10 Å². The van der Waals surface area contributed by atoms with Crippen molar-refractivity contribution in [3.05, 3.63) is 75.8 Å². The van der Waals surface area contributed by atoms with E-state index in [2.05, 4.69) is 10.5 Å². The van der Waals surface area contributed by atoms with Crippen molar-refractivity contribution in [3.8, 4) is 11.5 Å². The molecule has 3 aromatic rings. The summed E-state index contributed by atoms with van der Waals surface area (Å²) in [7, 11) is 0. The maximum absolute atomic E-state index is 12.3. The number of carbonyl (C=O) groups excluding carboxylic acids is 1. The number of hydrogen-bond donors (Lipinski definition) is 2. The maximum atomic E-state index is 12.3. The number of nitro groups is 1. The zero-order valence-corrected chi connectivity index (χ0v) is 13.2. The molecule has 8 nitrogen and oxygen atoms in total. The van der Waals surface area contributed by atoms with E-state index in [1.807, 2.05) is 0 Å². The van der Waals surface area contributed by atoms with Gasteiger partial charge in [0.2, 0.25) is 0 Å². The molecular weight excluding hydrogens is 338 g/mol. The summed E-state index contributed by atoms with van der Waals surface area (Å²) in [6.45, 7) is 0. The van der Waals surface area contributed by atoms with Gasteiger partial charge in [0, 0.05) is 23.3 Å². The SMILES string of the molecule is O=C(N/N=C/c1cc([N+](=O)[O-])ccc1O)c1ccc2ccccc2c1[O-]. The number of amides is 1. The second-order valence-electron chi connectivity index (χ2n) is 5.36. The van der Waals surface area contributed by atoms with Gasteiger partial charge in [0.25, 0.3) is 11.6 Å². The summed E-state index contributed by atoms with van der Waals surface area (Å²) in [6, 6.07) is 13.3. The van der Waals surface area contributed by atoms with Crippen molar-refractivity contribution < 1.29 is 19.9 Å². The lowest BCUT2D eigenvalue weighted by Crippen LogP contribution is -2.19. The van der Waals surface area contributed by atoms with Gasteiger partial charge in [-0.3, -0.25) is 14.9 Å². The number of carbonyl (C=O) groups is 1. The fraction of sp³-hybridized carbons (Fsp3) is 0. The van der Waals surface area contributed by atoms with E-state index in [1.54, 1.807) is 30.3 Å². The molecule has 0 aromatic heterocycles. The molecule has 0 saturated carbocycles. The molecule has 0 spiro atoms. The van der Waals surface area contributed by atoms with Crippen LogP contribution in [0.2, 0.25) is 0 Å². The Bertz CT molecular complexity index is 1050. The minimum absolute atomic E-state index is 0.0559. The second-order valence-corrected chi connectivity index (χ2v) is 5.36. The third-order valence-corrected chi connectivity index (χ3v) is 3.72. The molecule has 0 atom stereocenters. The average Bonchev–Trinajstić information content (AvgIpc) is 2.63. The first-order chi connectivity index (χ1) is 12.5. The molecule has 0 saturated heterocycles. The summed E-state index contributed by atoms with van der Waals surface area (Å²) in [5, 5.41) is 37.6. The van der Waals surface area contributed by atoms with Gasteiger partial charge in [-0.05, 0) is 22.9 Å². The summed E-state index contributed by atoms with van der Waals surface area (Å²) >= 11 is 0. The Morgan fingerprint density at radius 3 is 2.69 bits per heavy atom. The standard InChI is InChI=1S/C18H13N3O5/c22-16-8-6-13(21(25)26)9-12(16)10-19-20-18(24)15-7-5-11-3-1-2-4-14(11)17(15)23/h1-10,22-23H,(H,20,24)/p-1/b19-10+. The highest BCUT2D eigenvalue weighted by Crippen LogP contribution is 2.26. The van der Waals surface area contributed by atoms with Gasteiger partial charge in [0.05, 0.1) is 11.1 Å². The molecule has 2 N–H and O–H groups in total. The van der Waals surface area contributed by atoms with Crippen molar-refractivity contribution in [2.45, 2.75) is 0 Å². The predicted molar refractivity (Wildman–Crippen MR) is 93.2 cm³/mol. The van der Waals surface area contributed by atoms with Gasteiger partial charge in [-0.1, -0.05) is 36.1 Å². The van der Waals surface area contributed by atoms with Gasteiger partial charge < -0.3 is 10.2 Å². The monoisotopic (exact) mass is 350 g/mol. The van der Waals surface area contributed by atoms with Crippen LogP contribution in [0.25, 0.3) is 10.8 Å². The number of nitro benzene ring substituents is 1. The van der Waals surface area contributed by atoms with E-state index in [9.17, 15) is 25.1 Å². The molecule has 0 aliphatic rings. The Labute approximate surface area is 147 Å². The first-order valence-corrected chi connectivity index (χ1v) is 7.47. The van der Waals surface area contributed by atoms with Crippen LogP contribution in [0.4, 0.5) is 5.69 Å². The van der Waals surface area contributed by atoms with E-state index >= 15 is 0 Å². The summed E-state index contributed by atoms with van der Waals surface area (Å²) in [5.74, 6) is -1.38. The number of rotatable bonds is 4. The predicted octanol–water partition coefficient (Wildman–Crippen LogP) is 2.29. The van der Waals surface area contributed by atoms with Gasteiger partial charge in [0.1, 0.15) is 5.75 Å². The van der Waals surface area contributed by atoms with Gasteiger partial charge in [-0.15, -0.1) is 0 Å². The largest absolute Gasteiger partial charge is 0.872 e. The van der Waals surface area contributed by atoms with E-state index < -0.39 is 16.6 Å². The lowest BCUT2D eigenvalue weighted by Gasteiger charge is -2.15. The Hall–Kier alpha value is -3.94. The first kappa shape index (κ1) is 16.9. The van der Waals surface area contributed by atoms with Crippen LogP contribution in [0, 0.1) is 10.1 Å². The highest BCUT2D eigenvalue weighted by atomic mass is 16.6. The Kier molecular flexibility index (Phi) is 4.48. The maximum Gasteiger partial charge on any atom is 0.270 e. The molecule has 0 unspecified atom stereocenters. The summed E-state index contributed by atoms with van der Waals surface area (Å²) in [6.07, 6.45) is 1.06. The Morgan fingerprint density at radius 1 is 1.15 bits per heavy atom. The second kappa shape index (κ2) is 6.89. The van der Waals surface area contributed by atoms with E-state index in [1.165, 1.54) is 6.07 Å². The van der Waals surface area contributed by atoms with E-state index in [4.69, 9.17) is 0 Å². The molecule has 0 bridgehead atoms. The molecule has 3 aromatic carbocycles. The van der Waals surface area contributed by atoms with Crippen LogP contribution in [0.15, 0.2) is 59.7 Å². The summed E-state index contributed by atoms with van der Waals surface area (Å²) in [4.78, 5) is 22.3. The molecule has 130 valence electrons. The molecule has 0 radical (unpaired) electrons. The highest BCUT2D eigenvalue weighted by Gasteiger charge is 2.10. The molecule has 8 heteroatoms. The van der Waals surface area contributed by atoms with Gasteiger partial charge in [-0.25, -0.2) is 5.43 Å². The minimum Gasteiger partial charge on any atom is -0.872 e. The molecule has 0 aliphatic carbocycles. The third-order valence-electron chi connectivity index (χ3n) is 3.72. The molecule has 0 heterocycles. The van der Waals surface area contributed by atoms with Crippen LogP contribution >= 0.6 is 0 Å². The highest BCUT2D eigenvalue weighted by molar-refractivity contribution is 6.03. The first-order valence-electron chi connectivity index (χ1n) is 7.47. The smallest absolute Gasteiger partial charge is 0.270 e. The molecule has 1 amide bonds. The number of phenolic OH excluding ortho intramolecular Hbond substituents is 1. The molecule has 0 aliphatic heterocycles. The zero-order chi connectivity index (χ0) is 18.7. The van der Waals surface area contributed by atoms with Crippen molar-refractivity contribution in [2.24, 2.45) is 5.10 Å². The number of phenols is 1. The van der Waals surface area contributed by atoms with Crippen LogP contribution in [0.3, 0.4) is 0 Å². The third kappa shape index (κ3) is 3.29. The Morgan fingerprint density at radius 2 is 1.92 bits per heavy atom. The number of nitrogens with zero attached hydrogens (tertiary/aromatic N) is 2. The molecular formula is C18H12N3O5-. The van der Waals surface area contributed by atoms with Crippen LogP contribution in [-0.4, -0.2) is 22.2 Å². The summed E-state index contributed by atoms with van der Waals surface area (Å²) < 4.78 is 0. The lowest BCUT2D eigenvalue weighted by atomic mass is 10.1. The number of hydrogen-bond acceptors (Lipinski definition) is 6. The van der Waals surface area contributed by atoms with Crippen LogP contribution in [0.1, 0.15) is 15.9 Å². The number of non-ortho nitro benzene ring substituents is 1. The molecule has 26 heavy (non-hydrogen) atoms. The zero-order valence-electron chi connectivity index (χ0n) is 13.2. The molecule has 3 rings (SSSR count). The van der Waals surface area contributed by atoms with E-state index in [0.717, 1.165) is 29.8 Å². The lowest BCUT2D eigenvalue weighted by molar-refractivity contribution is -0.384. The van der Waals surface area contributed by atoms with Crippen LogP contribution in [-0.2, 0) is 0 Å². The summed E-state index contributed by atoms with van der Waals surface area (Å²) in [5.41, 5.74) is 1.93. The van der Waals surface area contributed by atoms with Gasteiger partial charge >= 0.3 is 0 Å². The minimum atomic E-state index is -0.720. The number of hydrazone groups is 1. The van der Waals surface area contributed by atoms with Crippen LogP contribution in [0.5, 0.6) is 11.5 Å². The van der Waals surface area contributed by atoms with Crippen molar-refractivity contribution in [3.63, 3.8) is 0 Å². The number of benzene rings is 3. The quantitative estimate of drug-likeness (QED) is 0.424. The van der Waals surface area contributed by atoms with Crippen molar-refractivity contribution in [2.75, 3.05) is 0 Å². The van der Waals surface area contributed by atoms with Crippen molar-refractivity contribution in [1.82, 2.24) is 5.43 Å². The Balaban J connectivity index is 1.81. The average molecular weight is 350 g/mol. The van der Waals surface area contributed by atoms with Crippen molar-refractivity contribution in [1.29, 1.82) is 0 Å². The van der Waals surface area contributed by atoms with E-state index in [-0.39, 0.29) is 22.6 Å². The fourth-order valence-corrected chi connectivity index (χ4v) is 2.40. The topological polar surface area (TPSA) is 128 Å². The van der Waals surface area contributed by atoms with Gasteiger partial charge in [0.15, 0.2) is 0 Å². The van der Waals surface area contributed by atoms with Crippen LogP contribution < -0.4 is 10.5 Å². The number of nitrogens with one attached hydrogen (secondary N) is 1. The van der Waals surface area contributed by atoms with E-state index in [0.29, 0.717) is 5.39 Å².